The van der Waals surface area contributed by atoms with Crippen molar-refractivity contribution in [3.05, 3.63) is 42.7 Å². The first kappa shape index (κ1) is 19.9. The fourth-order valence-electron chi connectivity index (χ4n) is 4.51. The Morgan fingerprint density at radius 1 is 1.00 bits per heavy atom. The minimum atomic E-state index is 0.251. The molecule has 0 amide bonds. The number of nitrogen functional groups attached to an aromatic ring is 1. The highest BCUT2D eigenvalue weighted by Gasteiger charge is 2.25. The topological polar surface area (TPSA) is 89.6 Å². The van der Waals surface area contributed by atoms with Crippen LogP contribution in [0.5, 0.6) is 0 Å². The zero-order chi connectivity index (χ0) is 21.2. The van der Waals surface area contributed by atoms with E-state index in [-0.39, 0.29) is 5.95 Å². The highest BCUT2D eigenvalue weighted by molar-refractivity contribution is 5.79. The Balaban J connectivity index is 0.000000171. The van der Waals surface area contributed by atoms with Crippen LogP contribution in [0.3, 0.4) is 0 Å². The van der Waals surface area contributed by atoms with Gasteiger partial charge in [-0.1, -0.05) is 19.8 Å². The minimum Gasteiger partial charge on any atom is -0.367 e. The zero-order valence-electron chi connectivity index (χ0n) is 18.1. The van der Waals surface area contributed by atoms with Crippen LogP contribution >= 0.6 is 0 Å². The van der Waals surface area contributed by atoms with Gasteiger partial charge in [0, 0.05) is 41.5 Å². The molecule has 0 spiro atoms. The smallest absolute Gasteiger partial charge is 0.238 e. The quantitative estimate of drug-likeness (QED) is 0.547. The first-order valence-electron chi connectivity index (χ1n) is 11.4. The molecule has 2 fully saturated rings. The monoisotopic (exact) mass is 418 g/mol. The summed E-state index contributed by atoms with van der Waals surface area (Å²) < 4.78 is 3.73. The van der Waals surface area contributed by atoms with Crippen molar-refractivity contribution >= 4 is 17.2 Å². The lowest BCUT2D eigenvalue weighted by Crippen LogP contribution is -2.42. The molecule has 4 aromatic heterocycles. The van der Waals surface area contributed by atoms with Crippen LogP contribution in [0, 0.1) is 0 Å². The first-order valence-corrected chi connectivity index (χ1v) is 11.4. The van der Waals surface area contributed by atoms with Gasteiger partial charge in [-0.3, -0.25) is 4.40 Å². The van der Waals surface area contributed by atoms with Crippen molar-refractivity contribution in [3.8, 4) is 11.1 Å². The van der Waals surface area contributed by atoms with E-state index in [1.54, 1.807) is 10.7 Å². The average Bonchev–Trinajstić information content (AvgIpc) is 3.36. The van der Waals surface area contributed by atoms with E-state index in [1.165, 1.54) is 51.6 Å². The molecule has 6 rings (SSSR count). The first-order chi connectivity index (χ1) is 15.2. The van der Waals surface area contributed by atoms with Gasteiger partial charge in [0.1, 0.15) is 0 Å². The summed E-state index contributed by atoms with van der Waals surface area (Å²) in [6.07, 6.45) is 19.0. The zero-order valence-corrected chi connectivity index (χ0v) is 18.1. The lowest BCUT2D eigenvalue weighted by molar-refractivity contribution is 0.105. The van der Waals surface area contributed by atoms with Gasteiger partial charge < -0.3 is 10.6 Å². The summed E-state index contributed by atoms with van der Waals surface area (Å²) in [4.78, 5) is 15.5. The summed E-state index contributed by atoms with van der Waals surface area (Å²) in [5, 5.41) is 4.15. The van der Waals surface area contributed by atoms with E-state index in [2.05, 4.69) is 31.9 Å². The second-order valence-electron chi connectivity index (χ2n) is 8.47. The van der Waals surface area contributed by atoms with E-state index < -0.39 is 0 Å². The molecule has 4 aromatic rings. The maximum atomic E-state index is 5.60. The standard InChI is InChI=1S/C14H13N7.C9H17N/c1-2-10-6-18-14-17-5-9(8-20(10)14)11-3-4-21-12(11)7-16-13(15)19-21;1-2-7-10(8-3-1)9-5-4-6-9/h3-8H,2H2,1H3,(H2,15,19);9H,1-8H2. The molecule has 0 aromatic carbocycles. The predicted octanol–water partition coefficient (Wildman–Crippen LogP) is 3.61. The third-order valence-electron chi connectivity index (χ3n) is 6.53. The number of hydrogen-bond acceptors (Lipinski definition) is 6. The van der Waals surface area contributed by atoms with Gasteiger partial charge in [0.05, 0.1) is 17.9 Å². The van der Waals surface area contributed by atoms with Crippen molar-refractivity contribution in [1.82, 2.24) is 33.9 Å². The molecule has 0 bridgehead atoms. The van der Waals surface area contributed by atoms with Gasteiger partial charge in [0.2, 0.25) is 11.7 Å². The molecule has 1 aliphatic heterocycles. The molecule has 0 radical (unpaired) electrons. The summed E-state index contributed by atoms with van der Waals surface area (Å²) in [6, 6.07) is 2.98. The molecule has 2 N–H and O–H groups in total. The predicted molar refractivity (Wildman–Crippen MR) is 122 cm³/mol. The molecule has 5 heterocycles. The van der Waals surface area contributed by atoms with Crippen molar-refractivity contribution in [2.75, 3.05) is 18.8 Å². The molecule has 0 unspecified atom stereocenters. The Bertz CT molecular complexity index is 1170. The summed E-state index contributed by atoms with van der Waals surface area (Å²) in [5.74, 6) is 0.959. The molecule has 8 nitrogen and oxygen atoms in total. The van der Waals surface area contributed by atoms with Crippen molar-refractivity contribution < 1.29 is 0 Å². The van der Waals surface area contributed by atoms with Crippen LogP contribution in [0.15, 0.2) is 37.1 Å². The van der Waals surface area contributed by atoms with E-state index in [1.807, 2.05) is 35.3 Å². The lowest BCUT2D eigenvalue weighted by Gasteiger charge is -2.39. The molecule has 2 aliphatic rings. The van der Waals surface area contributed by atoms with E-state index in [9.17, 15) is 0 Å². The number of fused-ring (bicyclic) bond motifs is 2. The van der Waals surface area contributed by atoms with Gasteiger partial charge in [-0.05, 0) is 51.3 Å². The molecule has 0 atom stereocenters. The number of nitrogens with zero attached hydrogens (tertiary/aromatic N) is 7. The molecule has 8 heteroatoms. The van der Waals surface area contributed by atoms with Gasteiger partial charge in [-0.15, -0.1) is 5.10 Å². The Hall–Kier alpha value is -3.00. The number of aryl methyl sites for hydroxylation is 1. The van der Waals surface area contributed by atoms with Crippen LogP contribution in [-0.4, -0.2) is 53.0 Å². The van der Waals surface area contributed by atoms with Crippen LogP contribution in [0.1, 0.15) is 51.1 Å². The SMILES string of the molecule is C1CCN(C2CCC2)CC1.CCc1cnc2ncc(-c3ccn4nc(N)ncc34)cn12. The number of likely N-dealkylation sites (tertiary alicyclic amines) is 1. The second-order valence-corrected chi connectivity index (χ2v) is 8.47. The average molecular weight is 419 g/mol. The van der Waals surface area contributed by atoms with E-state index in [0.717, 1.165) is 34.8 Å². The molecular weight excluding hydrogens is 388 g/mol. The number of imidazole rings is 1. The summed E-state index contributed by atoms with van der Waals surface area (Å²) in [6.45, 7) is 4.88. The Morgan fingerprint density at radius 3 is 2.55 bits per heavy atom. The maximum Gasteiger partial charge on any atom is 0.238 e. The molecule has 1 aliphatic carbocycles. The number of nitrogens with two attached hydrogens (primary N) is 1. The number of anilines is 1. The molecular formula is C23H30N8. The van der Waals surface area contributed by atoms with Crippen molar-refractivity contribution in [2.24, 2.45) is 0 Å². The van der Waals surface area contributed by atoms with Gasteiger partial charge in [0.25, 0.3) is 0 Å². The minimum absolute atomic E-state index is 0.251. The van der Waals surface area contributed by atoms with Gasteiger partial charge in [0.15, 0.2) is 0 Å². The molecule has 1 saturated heterocycles. The van der Waals surface area contributed by atoms with Crippen LogP contribution < -0.4 is 5.73 Å². The largest absolute Gasteiger partial charge is 0.367 e. The van der Waals surface area contributed by atoms with Crippen LogP contribution in [0.25, 0.3) is 22.4 Å². The van der Waals surface area contributed by atoms with Crippen molar-refractivity contribution in [1.29, 1.82) is 0 Å². The molecule has 1 saturated carbocycles. The van der Waals surface area contributed by atoms with E-state index in [4.69, 9.17) is 5.73 Å². The summed E-state index contributed by atoms with van der Waals surface area (Å²) in [7, 11) is 0. The van der Waals surface area contributed by atoms with Gasteiger partial charge in [-0.25, -0.2) is 19.5 Å². The lowest BCUT2D eigenvalue weighted by atomic mass is 9.90. The fraction of sp³-hybridized carbons (Fsp3) is 0.478. The number of rotatable bonds is 3. The Kier molecular flexibility index (Phi) is 5.55. The number of hydrogen-bond donors (Lipinski definition) is 1. The van der Waals surface area contributed by atoms with Gasteiger partial charge in [-0.2, -0.15) is 0 Å². The third kappa shape index (κ3) is 3.99. The molecule has 162 valence electrons. The number of aromatic nitrogens is 6. The fourth-order valence-corrected chi connectivity index (χ4v) is 4.51. The normalized spacial score (nSPS) is 17.5. The highest BCUT2D eigenvalue weighted by atomic mass is 15.3. The summed E-state index contributed by atoms with van der Waals surface area (Å²) in [5.41, 5.74) is 9.63. The summed E-state index contributed by atoms with van der Waals surface area (Å²) >= 11 is 0. The number of piperidine rings is 1. The Morgan fingerprint density at radius 2 is 1.81 bits per heavy atom. The third-order valence-corrected chi connectivity index (χ3v) is 6.53. The second kappa shape index (κ2) is 8.63. The van der Waals surface area contributed by atoms with Crippen molar-refractivity contribution in [2.45, 2.75) is 57.9 Å². The van der Waals surface area contributed by atoms with Crippen LogP contribution in [0.4, 0.5) is 5.95 Å². The van der Waals surface area contributed by atoms with E-state index >= 15 is 0 Å². The van der Waals surface area contributed by atoms with E-state index in [0.29, 0.717) is 5.78 Å². The van der Waals surface area contributed by atoms with Gasteiger partial charge >= 0.3 is 0 Å². The van der Waals surface area contributed by atoms with Crippen LogP contribution in [-0.2, 0) is 6.42 Å². The highest BCUT2D eigenvalue weighted by Crippen LogP contribution is 2.27. The Labute approximate surface area is 182 Å². The van der Waals surface area contributed by atoms with Crippen LogP contribution in [0.2, 0.25) is 0 Å². The maximum absolute atomic E-state index is 5.60. The molecule has 31 heavy (non-hydrogen) atoms. The van der Waals surface area contributed by atoms with Crippen molar-refractivity contribution in [3.63, 3.8) is 0 Å².